The number of benzene rings is 2. The van der Waals surface area contributed by atoms with Gasteiger partial charge >= 0.3 is 0 Å². The molecule has 2 aliphatic rings. The molecule has 0 atom stereocenters. The van der Waals surface area contributed by atoms with Crippen molar-refractivity contribution in [2.24, 2.45) is 5.16 Å². The van der Waals surface area contributed by atoms with Crippen molar-refractivity contribution in [1.82, 2.24) is 0 Å². The molecule has 1 amide bonds. The molecule has 0 aromatic heterocycles. The minimum Gasteiger partial charge on any atom is -0.398 e. The Morgan fingerprint density at radius 2 is 1.61 bits per heavy atom. The maximum absolute atomic E-state index is 11.1. The number of carbonyl (C=O) groups is 1. The van der Waals surface area contributed by atoms with Crippen molar-refractivity contribution in [2.75, 3.05) is 24.4 Å². The Morgan fingerprint density at radius 1 is 1.04 bits per heavy atom. The fourth-order valence-electron chi connectivity index (χ4n) is 2.09. The van der Waals surface area contributed by atoms with Crippen molar-refractivity contribution in [3.05, 3.63) is 48.5 Å². The lowest BCUT2D eigenvalue weighted by molar-refractivity contribution is -0.114. The Hall–Kier alpha value is -2.82. The lowest BCUT2D eigenvalue weighted by atomic mass is 9.95. The third kappa shape index (κ3) is 4.10. The zero-order valence-electron chi connectivity index (χ0n) is 13.8. The van der Waals surface area contributed by atoms with E-state index in [9.17, 15) is 4.79 Å². The van der Waals surface area contributed by atoms with Crippen LogP contribution in [-0.4, -0.2) is 25.9 Å². The van der Waals surface area contributed by atoms with E-state index in [1.54, 1.807) is 0 Å². The predicted molar refractivity (Wildman–Crippen MR) is 94.7 cm³/mol. The lowest BCUT2D eigenvalue weighted by Gasteiger charge is -2.21. The number of anilines is 2. The molecule has 0 fully saturated rings. The van der Waals surface area contributed by atoms with Crippen LogP contribution in [0.4, 0.5) is 11.4 Å². The van der Waals surface area contributed by atoms with Gasteiger partial charge < -0.3 is 15.1 Å². The number of hydrogen-bond acceptors (Lipinski definition) is 3. The van der Waals surface area contributed by atoms with E-state index in [2.05, 4.69) is 34.7 Å². The van der Waals surface area contributed by atoms with Gasteiger partial charge in [-0.1, -0.05) is 41.6 Å². The van der Waals surface area contributed by atoms with E-state index in [1.807, 2.05) is 43.1 Å². The Labute approximate surface area is 136 Å². The second-order valence-electron chi connectivity index (χ2n) is 5.16. The average molecular weight is 311 g/mol. The second kappa shape index (κ2) is 7.45. The van der Waals surface area contributed by atoms with Crippen LogP contribution in [-0.2, 0) is 9.63 Å². The highest BCUT2D eigenvalue weighted by atomic mass is 16.6. The first-order valence-corrected chi connectivity index (χ1v) is 7.31. The Morgan fingerprint density at radius 3 is 2.04 bits per heavy atom. The molecule has 23 heavy (non-hydrogen) atoms. The van der Waals surface area contributed by atoms with Crippen LogP contribution in [0.5, 0.6) is 0 Å². The summed E-state index contributed by atoms with van der Waals surface area (Å²) in [5, 5.41) is 6.63. The van der Waals surface area contributed by atoms with Crippen molar-refractivity contribution < 1.29 is 9.63 Å². The average Bonchev–Trinajstić information content (AvgIpc) is 2.51. The summed E-state index contributed by atoms with van der Waals surface area (Å²) in [6.45, 7) is 3.31. The minimum absolute atomic E-state index is 0.104. The number of carbonyl (C=O) groups excluding carboxylic acids is 1. The van der Waals surface area contributed by atoms with Gasteiger partial charge in [0, 0.05) is 14.0 Å². The quantitative estimate of drug-likeness (QED) is 0.455. The number of nitrogens with zero attached hydrogens (tertiary/aromatic N) is 2. The van der Waals surface area contributed by atoms with Crippen molar-refractivity contribution in [2.45, 2.75) is 13.8 Å². The molecule has 0 bridgehead atoms. The van der Waals surface area contributed by atoms with Crippen LogP contribution in [0.25, 0.3) is 11.1 Å². The summed E-state index contributed by atoms with van der Waals surface area (Å²) >= 11 is 0. The first kappa shape index (κ1) is 16.5. The maximum atomic E-state index is 11.1. The lowest BCUT2D eigenvalue weighted by Crippen LogP contribution is -2.25. The Kier molecular flexibility index (Phi) is 5.36. The zero-order valence-corrected chi connectivity index (χ0v) is 13.8. The number of nitrogens with one attached hydrogen (secondary N) is 1. The summed E-state index contributed by atoms with van der Waals surface area (Å²) in [5.41, 5.74) is 4.46. The molecule has 0 spiro atoms. The van der Waals surface area contributed by atoms with Crippen molar-refractivity contribution in [3.63, 3.8) is 0 Å². The van der Waals surface area contributed by atoms with Gasteiger partial charge in [0.25, 0.3) is 0 Å². The van der Waals surface area contributed by atoms with Crippen LogP contribution in [0.2, 0.25) is 0 Å². The van der Waals surface area contributed by atoms with E-state index < -0.39 is 0 Å². The van der Waals surface area contributed by atoms with Crippen molar-refractivity contribution in [3.8, 4) is 11.1 Å². The van der Waals surface area contributed by atoms with E-state index in [1.165, 1.54) is 25.2 Å². The van der Waals surface area contributed by atoms with Crippen molar-refractivity contribution >= 4 is 23.1 Å². The first-order chi connectivity index (χ1) is 11.0. The SMILES string of the molecule is CON=C(C)N(C)c1ccccc1NC(C)=O.c1cc2ccc1-2. The molecule has 1 aromatic carbocycles. The Bertz CT molecular complexity index is 687. The third-order valence-corrected chi connectivity index (χ3v) is 3.50. The highest BCUT2D eigenvalue weighted by Crippen LogP contribution is 2.29. The molecule has 1 N–H and O–H groups in total. The molecular formula is C18H21N3O2. The highest BCUT2D eigenvalue weighted by molar-refractivity contribution is 6.01. The fourth-order valence-corrected chi connectivity index (χ4v) is 2.09. The van der Waals surface area contributed by atoms with Crippen LogP contribution in [0.15, 0.2) is 53.7 Å². The van der Waals surface area contributed by atoms with Gasteiger partial charge in [0.2, 0.25) is 5.91 Å². The van der Waals surface area contributed by atoms with Gasteiger partial charge in [0.1, 0.15) is 12.9 Å². The molecule has 0 saturated carbocycles. The molecule has 0 aliphatic heterocycles. The topological polar surface area (TPSA) is 53.9 Å². The molecule has 5 nitrogen and oxygen atoms in total. The van der Waals surface area contributed by atoms with E-state index in [4.69, 9.17) is 4.84 Å². The van der Waals surface area contributed by atoms with Gasteiger partial charge in [-0.05, 0) is 30.2 Å². The standard InChI is InChI=1S/C12H17N3O2.C6H4/c1-9(14-17-4)15(3)12-8-6-5-7-11(12)13-10(2)16;1-2-6-4-3-5(1)6/h5-8H,1-4H3,(H,13,16);1-4H. The number of amides is 1. The molecule has 120 valence electrons. The summed E-state index contributed by atoms with van der Waals surface area (Å²) in [6, 6.07) is 16.0. The molecule has 0 unspecified atom stereocenters. The second-order valence-corrected chi connectivity index (χ2v) is 5.16. The normalized spacial score (nSPS) is 11.0. The van der Waals surface area contributed by atoms with Crippen LogP contribution in [0, 0.1) is 0 Å². The largest absolute Gasteiger partial charge is 0.398 e. The van der Waals surface area contributed by atoms with Gasteiger partial charge in [0.15, 0.2) is 0 Å². The molecule has 0 saturated heterocycles. The summed E-state index contributed by atoms with van der Waals surface area (Å²) in [6.07, 6.45) is 0. The van der Waals surface area contributed by atoms with Gasteiger partial charge in [-0.25, -0.2) is 0 Å². The van der Waals surface area contributed by atoms with Gasteiger partial charge in [-0.15, -0.1) is 0 Å². The number of hydrogen-bond donors (Lipinski definition) is 1. The summed E-state index contributed by atoms with van der Waals surface area (Å²) in [4.78, 5) is 17.7. The number of oxime groups is 1. The maximum Gasteiger partial charge on any atom is 0.221 e. The van der Waals surface area contributed by atoms with E-state index in [0.29, 0.717) is 5.84 Å². The number of rotatable bonds is 3. The van der Waals surface area contributed by atoms with Gasteiger partial charge in [-0.3, -0.25) is 4.79 Å². The molecule has 3 rings (SSSR count). The molecule has 0 heterocycles. The number of amidine groups is 1. The molecule has 0 radical (unpaired) electrons. The molecular weight excluding hydrogens is 290 g/mol. The summed E-state index contributed by atoms with van der Waals surface area (Å²) in [5.74, 6) is 0.595. The summed E-state index contributed by atoms with van der Waals surface area (Å²) in [7, 11) is 3.36. The fraction of sp³-hybridized carbons (Fsp3) is 0.222. The highest BCUT2D eigenvalue weighted by Gasteiger charge is 2.10. The Balaban J connectivity index is 0.000000260. The first-order valence-electron chi connectivity index (χ1n) is 7.31. The number of fused-ring (bicyclic) bond motifs is 1. The van der Waals surface area contributed by atoms with Crippen LogP contribution >= 0.6 is 0 Å². The van der Waals surface area contributed by atoms with Crippen LogP contribution in [0.1, 0.15) is 13.8 Å². The van der Waals surface area contributed by atoms with E-state index in [0.717, 1.165) is 11.4 Å². The molecule has 1 aromatic rings. The molecule has 5 heteroatoms. The van der Waals surface area contributed by atoms with Gasteiger partial charge in [-0.2, -0.15) is 0 Å². The smallest absolute Gasteiger partial charge is 0.221 e. The third-order valence-electron chi connectivity index (χ3n) is 3.50. The molecule has 2 aliphatic carbocycles. The monoisotopic (exact) mass is 311 g/mol. The van der Waals surface area contributed by atoms with E-state index >= 15 is 0 Å². The van der Waals surface area contributed by atoms with Crippen molar-refractivity contribution in [1.29, 1.82) is 0 Å². The number of para-hydroxylation sites is 2. The van der Waals surface area contributed by atoms with E-state index in [-0.39, 0.29) is 5.91 Å². The predicted octanol–water partition coefficient (Wildman–Crippen LogP) is 3.73. The van der Waals surface area contributed by atoms with Crippen LogP contribution < -0.4 is 10.2 Å². The van der Waals surface area contributed by atoms with Gasteiger partial charge in [0.05, 0.1) is 11.4 Å². The minimum atomic E-state index is -0.104. The zero-order chi connectivity index (χ0) is 16.8. The summed E-state index contributed by atoms with van der Waals surface area (Å²) < 4.78 is 0. The van der Waals surface area contributed by atoms with Crippen LogP contribution in [0.3, 0.4) is 0 Å².